The molecule has 1 N–H and O–H groups in total. The highest BCUT2D eigenvalue weighted by Crippen LogP contribution is 1.97. The summed E-state index contributed by atoms with van der Waals surface area (Å²) in [7, 11) is 1.84. The van der Waals surface area contributed by atoms with E-state index in [1.807, 2.05) is 33.0 Å². The molecule has 0 bridgehead atoms. The largest absolute Gasteiger partial charge is 0.315 e. The molecule has 1 rings (SSSR count). The SMILES string of the molecule is CCn1c(C)ccc(CNC)c1=O. The Labute approximate surface area is 78.4 Å². The molecule has 3 heteroatoms. The number of pyridine rings is 1. The first-order chi connectivity index (χ1) is 6.20. The summed E-state index contributed by atoms with van der Waals surface area (Å²) in [5, 5.41) is 2.98. The van der Waals surface area contributed by atoms with Gasteiger partial charge in [-0.25, -0.2) is 0 Å². The summed E-state index contributed by atoms with van der Waals surface area (Å²) in [5.74, 6) is 0. The van der Waals surface area contributed by atoms with Crippen LogP contribution in [0.3, 0.4) is 0 Å². The maximum atomic E-state index is 11.7. The highest BCUT2D eigenvalue weighted by Gasteiger charge is 2.02. The van der Waals surface area contributed by atoms with Crippen molar-refractivity contribution in [2.75, 3.05) is 7.05 Å². The van der Waals surface area contributed by atoms with Crippen molar-refractivity contribution in [2.45, 2.75) is 26.9 Å². The third-order valence-corrected chi connectivity index (χ3v) is 2.15. The van der Waals surface area contributed by atoms with Crippen molar-refractivity contribution in [1.29, 1.82) is 0 Å². The molecule has 0 aromatic carbocycles. The molecule has 0 radical (unpaired) electrons. The Morgan fingerprint density at radius 1 is 1.46 bits per heavy atom. The predicted molar refractivity (Wildman–Crippen MR) is 53.9 cm³/mol. The molecule has 0 aliphatic carbocycles. The number of nitrogens with zero attached hydrogens (tertiary/aromatic N) is 1. The first-order valence-corrected chi connectivity index (χ1v) is 4.54. The van der Waals surface area contributed by atoms with Crippen LogP contribution in [0, 0.1) is 6.92 Å². The van der Waals surface area contributed by atoms with Crippen molar-refractivity contribution in [3.63, 3.8) is 0 Å². The molecule has 13 heavy (non-hydrogen) atoms. The molecule has 72 valence electrons. The smallest absolute Gasteiger partial charge is 0.255 e. The van der Waals surface area contributed by atoms with Gasteiger partial charge in [-0.2, -0.15) is 0 Å². The van der Waals surface area contributed by atoms with E-state index in [2.05, 4.69) is 5.32 Å². The molecule has 0 saturated carbocycles. The summed E-state index contributed by atoms with van der Waals surface area (Å²) >= 11 is 0. The van der Waals surface area contributed by atoms with Crippen LogP contribution in [-0.2, 0) is 13.1 Å². The Kier molecular flexibility index (Phi) is 3.25. The van der Waals surface area contributed by atoms with Gasteiger partial charge in [-0.3, -0.25) is 4.79 Å². The first-order valence-electron chi connectivity index (χ1n) is 4.54. The molecule has 0 fully saturated rings. The van der Waals surface area contributed by atoms with E-state index in [-0.39, 0.29) is 5.56 Å². The van der Waals surface area contributed by atoms with Gasteiger partial charge in [0.1, 0.15) is 0 Å². The van der Waals surface area contributed by atoms with Crippen molar-refractivity contribution in [1.82, 2.24) is 9.88 Å². The van der Waals surface area contributed by atoms with Gasteiger partial charge in [0.15, 0.2) is 0 Å². The zero-order chi connectivity index (χ0) is 9.84. The lowest BCUT2D eigenvalue weighted by atomic mass is 10.2. The van der Waals surface area contributed by atoms with Gasteiger partial charge in [0, 0.05) is 24.3 Å². The topological polar surface area (TPSA) is 34.0 Å². The molecule has 0 amide bonds. The molecule has 1 heterocycles. The summed E-state index contributed by atoms with van der Waals surface area (Å²) in [6.45, 7) is 5.31. The summed E-state index contributed by atoms with van der Waals surface area (Å²) in [4.78, 5) is 11.7. The molecule has 0 unspecified atom stereocenters. The molecule has 0 aliphatic heterocycles. The molecule has 1 aromatic rings. The van der Waals surface area contributed by atoms with E-state index < -0.39 is 0 Å². The Bertz CT molecular complexity index is 341. The van der Waals surface area contributed by atoms with Crippen molar-refractivity contribution >= 4 is 0 Å². The van der Waals surface area contributed by atoms with E-state index in [9.17, 15) is 4.79 Å². The van der Waals surface area contributed by atoms with Crippen molar-refractivity contribution in [2.24, 2.45) is 0 Å². The van der Waals surface area contributed by atoms with Crippen molar-refractivity contribution in [3.05, 3.63) is 33.7 Å². The summed E-state index contributed by atoms with van der Waals surface area (Å²) in [6.07, 6.45) is 0. The average molecular weight is 180 g/mol. The second-order valence-electron chi connectivity index (χ2n) is 3.08. The third-order valence-electron chi connectivity index (χ3n) is 2.15. The lowest BCUT2D eigenvalue weighted by Gasteiger charge is -2.08. The van der Waals surface area contributed by atoms with Crippen LogP contribution in [0.15, 0.2) is 16.9 Å². The number of hydrogen-bond acceptors (Lipinski definition) is 2. The Morgan fingerprint density at radius 2 is 2.15 bits per heavy atom. The van der Waals surface area contributed by atoms with Crippen LogP contribution in [0.5, 0.6) is 0 Å². The summed E-state index contributed by atoms with van der Waals surface area (Å²) < 4.78 is 1.78. The van der Waals surface area contributed by atoms with Crippen LogP contribution in [-0.4, -0.2) is 11.6 Å². The summed E-state index contributed by atoms with van der Waals surface area (Å²) in [5.41, 5.74) is 1.97. The van der Waals surface area contributed by atoms with Crippen LogP contribution in [0.25, 0.3) is 0 Å². The van der Waals surface area contributed by atoms with Gasteiger partial charge >= 0.3 is 0 Å². The Balaban J connectivity index is 3.20. The maximum Gasteiger partial charge on any atom is 0.255 e. The van der Waals surface area contributed by atoms with Gasteiger partial charge in [-0.05, 0) is 27.0 Å². The van der Waals surface area contributed by atoms with Crippen LogP contribution >= 0.6 is 0 Å². The van der Waals surface area contributed by atoms with Crippen LogP contribution in [0.1, 0.15) is 18.2 Å². The number of nitrogens with one attached hydrogen (secondary N) is 1. The normalized spacial score (nSPS) is 10.4. The summed E-state index contributed by atoms with van der Waals surface area (Å²) in [6, 6.07) is 3.87. The zero-order valence-corrected chi connectivity index (χ0v) is 8.42. The monoisotopic (exact) mass is 180 g/mol. The molecule has 0 aliphatic rings. The molecular formula is C10H16N2O. The van der Waals surface area contributed by atoms with Crippen molar-refractivity contribution < 1.29 is 0 Å². The fraction of sp³-hybridized carbons (Fsp3) is 0.500. The van der Waals surface area contributed by atoms with E-state index in [4.69, 9.17) is 0 Å². The fourth-order valence-electron chi connectivity index (χ4n) is 1.43. The van der Waals surface area contributed by atoms with Gasteiger partial charge in [0.05, 0.1) is 0 Å². The quantitative estimate of drug-likeness (QED) is 0.749. The first kappa shape index (κ1) is 9.99. The Morgan fingerprint density at radius 3 is 2.69 bits per heavy atom. The van der Waals surface area contributed by atoms with E-state index in [0.29, 0.717) is 6.54 Å². The molecule has 0 saturated heterocycles. The second-order valence-corrected chi connectivity index (χ2v) is 3.08. The Hall–Kier alpha value is -1.09. The van der Waals surface area contributed by atoms with E-state index in [1.54, 1.807) is 4.57 Å². The lowest BCUT2D eigenvalue weighted by Crippen LogP contribution is -2.26. The minimum atomic E-state index is 0.122. The molecular weight excluding hydrogens is 164 g/mol. The number of aromatic nitrogens is 1. The number of hydrogen-bond donors (Lipinski definition) is 1. The zero-order valence-electron chi connectivity index (χ0n) is 8.42. The fourth-order valence-corrected chi connectivity index (χ4v) is 1.43. The highest BCUT2D eigenvalue weighted by molar-refractivity contribution is 5.15. The van der Waals surface area contributed by atoms with Crippen LogP contribution in [0.2, 0.25) is 0 Å². The molecule has 0 spiro atoms. The van der Waals surface area contributed by atoms with Gasteiger partial charge in [0.25, 0.3) is 5.56 Å². The van der Waals surface area contributed by atoms with Gasteiger partial charge in [-0.1, -0.05) is 6.07 Å². The van der Waals surface area contributed by atoms with E-state index in [1.165, 1.54) is 0 Å². The average Bonchev–Trinajstić information content (AvgIpc) is 2.11. The molecule has 3 nitrogen and oxygen atoms in total. The third kappa shape index (κ3) is 1.98. The second kappa shape index (κ2) is 4.23. The van der Waals surface area contributed by atoms with Gasteiger partial charge < -0.3 is 9.88 Å². The van der Waals surface area contributed by atoms with Crippen molar-refractivity contribution in [3.8, 4) is 0 Å². The number of aryl methyl sites for hydroxylation is 1. The maximum absolute atomic E-state index is 11.7. The van der Waals surface area contributed by atoms with Gasteiger partial charge in [0.2, 0.25) is 0 Å². The minimum absolute atomic E-state index is 0.122. The van der Waals surface area contributed by atoms with E-state index in [0.717, 1.165) is 17.8 Å². The standard InChI is InChI=1S/C10H16N2O/c1-4-12-8(2)5-6-9(7-11-3)10(12)13/h5-6,11H,4,7H2,1-3H3. The number of rotatable bonds is 3. The molecule has 1 aromatic heterocycles. The minimum Gasteiger partial charge on any atom is -0.315 e. The van der Waals surface area contributed by atoms with Gasteiger partial charge in [-0.15, -0.1) is 0 Å². The van der Waals surface area contributed by atoms with Crippen LogP contribution in [0.4, 0.5) is 0 Å². The highest BCUT2D eigenvalue weighted by atomic mass is 16.1. The van der Waals surface area contributed by atoms with E-state index >= 15 is 0 Å². The lowest BCUT2D eigenvalue weighted by molar-refractivity contribution is 0.678. The predicted octanol–water partition coefficient (Wildman–Crippen LogP) is 0.896. The molecule has 0 atom stereocenters. The van der Waals surface area contributed by atoms with Crippen LogP contribution < -0.4 is 10.9 Å².